The fraction of sp³-hybridized carbons (Fsp3) is 0.421. The third-order valence-corrected chi connectivity index (χ3v) is 6.19. The summed E-state index contributed by atoms with van der Waals surface area (Å²) in [4.78, 5) is 17.5. The number of carbonyl (C=O) groups is 1. The summed E-state index contributed by atoms with van der Waals surface area (Å²) in [6.45, 7) is 5.78. The van der Waals surface area contributed by atoms with E-state index in [1.165, 1.54) is 0 Å². The summed E-state index contributed by atoms with van der Waals surface area (Å²) >= 11 is 1.69. The second-order valence-electron chi connectivity index (χ2n) is 7.20. The molecule has 27 heavy (non-hydrogen) atoms. The quantitative estimate of drug-likeness (QED) is 0.696. The zero-order valence-electron chi connectivity index (χ0n) is 15.6. The summed E-state index contributed by atoms with van der Waals surface area (Å²) in [5, 5.41) is 11.8. The van der Waals surface area contributed by atoms with Crippen LogP contribution < -0.4 is 10.6 Å². The van der Waals surface area contributed by atoms with Gasteiger partial charge in [0.05, 0.1) is 27.3 Å². The molecular formula is C19H24ClN5OS. The Morgan fingerprint density at radius 3 is 2.89 bits per heavy atom. The van der Waals surface area contributed by atoms with Crippen LogP contribution in [0.15, 0.2) is 30.6 Å². The van der Waals surface area contributed by atoms with Crippen molar-refractivity contribution >= 4 is 45.6 Å². The van der Waals surface area contributed by atoms with Crippen LogP contribution in [0.5, 0.6) is 0 Å². The van der Waals surface area contributed by atoms with Crippen LogP contribution in [0.25, 0.3) is 10.2 Å². The number of anilines is 1. The second-order valence-corrected chi connectivity index (χ2v) is 8.26. The van der Waals surface area contributed by atoms with Gasteiger partial charge in [-0.05, 0) is 23.8 Å². The van der Waals surface area contributed by atoms with Crippen LogP contribution in [0.1, 0.15) is 36.3 Å². The molecule has 1 saturated heterocycles. The van der Waals surface area contributed by atoms with E-state index in [4.69, 9.17) is 0 Å². The summed E-state index contributed by atoms with van der Waals surface area (Å²) in [6.07, 6.45) is 3.85. The standard InChI is InChI=1S/C19H23N5OS.ClH/c1-11(2)19-23-16-5-4-13(6-17(16)26-19)22-18(25)15-9-20-8-14(15)12-7-21-24(3)10-12;/h4-7,10-11,14-15,20H,8-9H2,1-3H3,(H,22,25);1H/t14-,15+;/m1./s1. The van der Waals surface area contributed by atoms with Crippen molar-refractivity contribution < 1.29 is 4.79 Å². The van der Waals surface area contributed by atoms with Gasteiger partial charge in [-0.15, -0.1) is 23.7 Å². The van der Waals surface area contributed by atoms with Crippen molar-refractivity contribution in [3.05, 3.63) is 41.2 Å². The monoisotopic (exact) mass is 405 g/mol. The molecule has 0 bridgehead atoms. The summed E-state index contributed by atoms with van der Waals surface area (Å²) in [6, 6.07) is 5.95. The van der Waals surface area contributed by atoms with E-state index in [0.717, 1.165) is 33.0 Å². The predicted molar refractivity (Wildman–Crippen MR) is 112 cm³/mol. The topological polar surface area (TPSA) is 71.8 Å². The first-order valence-electron chi connectivity index (χ1n) is 8.92. The molecule has 1 aliphatic heterocycles. The highest BCUT2D eigenvalue weighted by Gasteiger charge is 2.34. The van der Waals surface area contributed by atoms with E-state index in [-0.39, 0.29) is 30.2 Å². The van der Waals surface area contributed by atoms with E-state index in [1.54, 1.807) is 16.0 Å². The van der Waals surface area contributed by atoms with Crippen molar-refractivity contribution in [2.75, 3.05) is 18.4 Å². The lowest BCUT2D eigenvalue weighted by molar-refractivity contribution is -0.119. The molecule has 1 aromatic carbocycles. The Morgan fingerprint density at radius 2 is 2.19 bits per heavy atom. The Kier molecular flexibility index (Phi) is 5.83. The van der Waals surface area contributed by atoms with Crippen LogP contribution in [-0.2, 0) is 11.8 Å². The van der Waals surface area contributed by atoms with Gasteiger partial charge in [0.1, 0.15) is 0 Å². The maximum Gasteiger partial charge on any atom is 0.229 e. The maximum absolute atomic E-state index is 12.9. The molecule has 1 fully saturated rings. The normalized spacial score (nSPS) is 19.4. The van der Waals surface area contributed by atoms with Crippen LogP contribution >= 0.6 is 23.7 Å². The Labute approximate surface area is 168 Å². The van der Waals surface area contributed by atoms with Gasteiger partial charge in [-0.2, -0.15) is 5.10 Å². The Hall–Kier alpha value is -1.96. The minimum Gasteiger partial charge on any atom is -0.326 e. The van der Waals surface area contributed by atoms with Gasteiger partial charge in [-0.25, -0.2) is 4.98 Å². The number of aromatic nitrogens is 3. The highest BCUT2D eigenvalue weighted by Crippen LogP contribution is 2.31. The number of hydrogen-bond acceptors (Lipinski definition) is 5. The molecule has 6 nitrogen and oxygen atoms in total. The zero-order valence-corrected chi connectivity index (χ0v) is 17.2. The van der Waals surface area contributed by atoms with E-state index in [1.807, 2.05) is 37.6 Å². The van der Waals surface area contributed by atoms with Gasteiger partial charge in [-0.1, -0.05) is 13.8 Å². The molecule has 3 aromatic rings. The van der Waals surface area contributed by atoms with E-state index < -0.39 is 0 Å². The lowest BCUT2D eigenvalue weighted by atomic mass is 9.90. The molecule has 0 spiro atoms. The van der Waals surface area contributed by atoms with E-state index >= 15 is 0 Å². The van der Waals surface area contributed by atoms with Crippen molar-refractivity contribution in [1.82, 2.24) is 20.1 Å². The summed E-state index contributed by atoms with van der Waals surface area (Å²) in [5.41, 5.74) is 2.93. The second kappa shape index (κ2) is 7.96. The molecule has 4 rings (SSSR count). The summed E-state index contributed by atoms with van der Waals surface area (Å²) < 4.78 is 2.90. The number of benzene rings is 1. The number of halogens is 1. The fourth-order valence-electron chi connectivity index (χ4n) is 3.44. The number of rotatable bonds is 4. The molecule has 8 heteroatoms. The van der Waals surface area contributed by atoms with Gasteiger partial charge in [0.25, 0.3) is 0 Å². The molecule has 1 amide bonds. The van der Waals surface area contributed by atoms with E-state index in [0.29, 0.717) is 12.5 Å². The molecule has 1 aliphatic rings. The predicted octanol–water partition coefficient (Wildman–Crippen LogP) is 3.52. The first-order chi connectivity index (χ1) is 12.5. The van der Waals surface area contributed by atoms with Gasteiger partial charge in [0.15, 0.2) is 0 Å². The lowest BCUT2D eigenvalue weighted by Crippen LogP contribution is -2.28. The van der Waals surface area contributed by atoms with Crippen LogP contribution in [-0.4, -0.2) is 33.8 Å². The molecule has 0 saturated carbocycles. The van der Waals surface area contributed by atoms with E-state index in [9.17, 15) is 4.79 Å². The van der Waals surface area contributed by atoms with Crippen LogP contribution in [0.3, 0.4) is 0 Å². The minimum absolute atomic E-state index is 0. The van der Waals surface area contributed by atoms with Gasteiger partial charge in [0.2, 0.25) is 5.91 Å². The van der Waals surface area contributed by atoms with Crippen LogP contribution in [0.2, 0.25) is 0 Å². The molecule has 3 heterocycles. The number of nitrogens with one attached hydrogen (secondary N) is 2. The largest absolute Gasteiger partial charge is 0.326 e. The summed E-state index contributed by atoms with van der Waals surface area (Å²) in [5.74, 6) is 0.526. The Morgan fingerprint density at radius 1 is 1.37 bits per heavy atom. The number of nitrogens with zero attached hydrogens (tertiary/aromatic N) is 3. The number of fused-ring (bicyclic) bond motifs is 1. The SMILES string of the molecule is CC(C)c1nc2ccc(NC(=O)[C@H]3CNC[C@@H]3c3cnn(C)c3)cc2s1.Cl. The number of hydrogen-bond donors (Lipinski definition) is 2. The number of thiazole rings is 1. The van der Waals surface area contributed by atoms with Crippen molar-refractivity contribution in [3.63, 3.8) is 0 Å². The molecule has 2 atom stereocenters. The van der Waals surface area contributed by atoms with Crippen molar-refractivity contribution in [3.8, 4) is 0 Å². The van der Waals surface area contributed by atoms with Crippen molar-refractivity contribution in [1.29, 1.82) is 0 Å². The zero-order chi connectivity index (χ0) is 18.3. The fourth-order valence-corrected chi connectivity index (χ4v) is 4.45. The smallest absolute Gasteiger partial charge is 0.229 e. The maximum atomic E-state index is 12.9. The third kappa shape index (κ3) is 4.00. The molecule has 144 valence electrons. The van der Waals surface area contributed by atoms with Crippen molar-refractivity contribution in [2.45, 2.75) is 25.7 Å². The molecule has 0 radical (unpaired) electrons. The van der Waals surface area contributed by atoms with Gasteiger partial charge in [-0.3, -0.25) is 9.48 Å². The van der Waals surface area contributed by atoms with Gasteiger partial charge < -0.3 is 10.6 Å². The lowest BCUT2D eigenvalue weighted by Gasteiger charge is -2.17. The van der Waals surface area contributed by atoms with Crippen molar-refractivity contribution in [2.24, 2.45) is 13.0 Å². The van der Waals surface area contributed by atoms with Crippen LogP contribution in [0.4, 0.5) is 5.69 Å². The Bertz CT molecular complexity index is 951. The first-order valence-corrected chi connectivity index (χ1v) is 9.73. The average Bonchev–Trinajstić information content (AvgIpc) is 3.32. The van der Waals surface area contributed by atoms with Gasteiger partial charge in [0, 0.05) is 43.9 Å². The molecule has 0 unspecified atom stereocenters. The molecule has 2 N–H and O–H groups in total. The highest BCUT2D eigenvalue weighted by molar-refractivity contribution is 7.18. The minimum atomic E-state index is -0.0948. The van der Waals surface area contributed by atoms with Crippen LogP contribution in [0, 0.1) is 5.92 Å². The summed E-state index contributed by atoms with van der Waals surface area (Å²) in [7, 11) is 1.90. The van der Waals surface area contributed by atoms with E-state index in [2.05, 4.69) is 34.6 Å². The highest BCUT2D eigenvalue weighted by atomic mass is 35.5. The molecule has 0 aliphatic carbocycles. The third-order valence-electron chi connectivity index (χ3n) is 4.87. The number of carbonyl (C=O) groups excluding carboxylic acids is 1. The number of amides is 1. The number of aryl methyl sites for hydroxylation is 1. The molecule has 2 aromatic heterocycles. The molecular weight excluding hydrogens is 382 g/mol. The average molecular weight is 406 g/mol. The Balaban J connectivity index is 0.00000210. The van der Waals surface area contributed by atoms with Gasteiger partial charge >= 0.3 is 0 Å². The first kappa shape index (κ1) is 19.8.